The highest BCUT2D eigenvalue weighted by Gasteiger charge is 2.29. The minimum absolute atomic E-state index is 0.0124. The average molecular weight is 477 g/mol. The summed E-state index contributed by atoms with van der Waals surface area (Å²) in [6.07, 6.45) is 0.205. The van der Waals surface area contributed by atoms with Crippen molar-refractivity contribution in [2.45, 2.75) is 51.8 Å². The number of carboxylic acids is 1. The summed E-state index contributed by atoms with van der Waals surface area (Å²) in [6, 6.07) is 2.84. The van der Waals surface area contributed by atoms with Gasteiger partial charge in [-0.05, 0) is 38.8 Å². The van der Waals surface area contributed by atoms with Gasteiger partial charge in [0.25, 0.3) is 0 Å². The number of imide groups is 1. The molecule has 0 aromatic heterocycles. The van der Waals surface area contributed by atoms with Crippen molar-refractivity contribution in [3.63, 3.8) is 0 Å². The first-order chi connectivity index (χ1) is 16.0. The number of methoxy groups -OCH3 is 1. The number of piperidine rings is 1. The molecule has 2 saturated heterocycles. The van der Waals surface area contributed by atoms with E-state index in [2.05, 4.69) is 10.6 Å². The van der Waals surface area contributed by atoms with E-state index >= 15 is 0 Å². The van der Waals surface area contributed by atoms with Crippen molar-refractivity contribution in [1.82, 2.24) is 15.5 Å². The molecule has 186 valence electrons. The number of piperazine rings is 1. The van der Waals surface area contributed by atoms with Crippen LogP contribution in [0.5, 0.6) is 5.75 Å². The molecule has 2 aliphatic heterocycles. The molecule has 3 N–H and O–H groups in total. The molecule has 0 saturated carbocycles. The number of rotatable bonds is 6. The van der Waals surface area contributed by atoms with Crippen LogP contribution in [0, 0.1) is 0 Å². The fourth-order valence-corrected chi connectivity index (χ4v) is 3.98. The maximum atomic E-state index is 12.4. The average Bonchev–Trinajstić information content (AvgIpc) is 2.76. The minimum Gasteiger partial charge on any atom is -0.496 e. The zero-order valence-corrected chi connectivity index (χ0v) is 20.0. The summed E-state index contributed by atoms with van der Waals surface area (Å²) in [4.78, 5) is 51.5. The molecule has 34 heavy (non-hydrogen) atoms. The Morgan fingerprint density at radius 1 is 1.18 bits per heavy atom. The van der Waals surface area contributed by atoms with E-state index in [1.807, 2.05) is 25.7 Å². The summed E-state index contributed by atoms with van der Waals surface area (Å²) < 4.78 is 10.8. The van der Waals surface area contributed by atoms with Crippen molar-refractivity contribution in [2.75, 3.05) is 38.2 Å². The third-order valence-electron chi connectivity index (χ3n) is 5.68. The molecular formula is C23H32N4O7. The van der Waals surface area contributed by atoms with Gasteiger partial charge in [0.05, 0.1) is 13.2 Å². The van der Waals surface area contributed by atoms with Gasteiger partial charge in [0.2, 0.25) is 11.8 Å². The van der Waals surface area contributed by atoms with Gasteiger partial charge in [-0.2, -0.15) is 0 Å². The number of carbonyl (C=O) groups is 4. The number of ether oxygens (including phenoxy) is 2. The maximum Gasteiger partial charge on any atom is 0.410 e. The lowest BCUT2D eigenvalue weighted by Crippen LogP contribution is -2.50. The van der Waals surface area contributed by atoms with Crippen LogP contribution in [0.1, 0.15) is 49.5 Å². The molecule has 1 unspecified atom stereocenters. The monoisotopic (exact) mass is 476 g/mol. The van der Waals surface area contributed by atoms with Gasteiger partial charge in [-0.25, -0.2) is 9.59 Å². The van der Waals surface area contributed by atoms with Gasteiger partial charge in [0, 0.05) is 50.9 Å². The number of nitrogens with zero attached hydrogens (tertiary/aromatic N) is 2. The summed E-state index contributed by atoms with van der Waals surface area (Å²) in [6.45, 7) is 7.56. The summed E-state index contributed by atoms with van der Waals surface area (Å²) in [5.41, 5.74) is 0.656. The van der Waals surface area contributed by atoms with Crippen LogP contribution in [-0.4, -0.2) is 78.8 Å². The zero-order chi connectivity index (χ0) is 25.0. The zero-order valence-electron chi connectivity index (χ0n) is 20.0. The number of carboxylic acid groups (broad SMARTS) is 1. The highest BCUT2D eigenvalue weighted by atomic mass is 16.6. The van der Waals surface area contributed by atoms with E-state index in [0.29, 0.717) is 38.2 Å². The Labute approximate surface area is 198 Å². The SMILES string of the molecule is COc1cc(N2CCN(C(=O)OC(C)(C)C)CC2)cc(CNC2CCC(=O)NC2=O)c1C(=O)O. The van der Waals surface area contributed by atoms with Gasteiger partial charge in [-0.15, -0.1) is 0 Å². The van der Waals surface area contributed by atoms with Crippen molar-refractivity contribution < 1.29 is 33.8 Å². The number of amides is 3. The van der Waals surface area contributed by atoms with Crippen molar-refractivity contribution in [2.24, 2.45) is 0 Å². The number of aromatic carboxylic acids is 1. The number of hydrogen-bond donors (Lipinski definition) is 3. The smallest absolute Gasteiger partial charge is 0.410 e. The largest absolute Gasteiger partial charge is 0.496 e. The van der Waals surface area contributed by atoms with E-state index in [-0.39, 0.29) is 36.3 Å². The molecule has 2 fully saturated rings. The number of benzene rings is 1. The van der Waals surface area contributed by atoms with E-state index in [0.717, 1.165) is 5.69 Å². The van der Waals surface area contributed by atoms with Crippen LogP contribution in [0.4, 0.5) is 10.5 Å². The fourth-order valence-electron chi connectivity index (χ4n) is 3.98. The summed E-state index contributed by atoms with van der Waals surface area (Å²) >= 11 is 0. The van der Waals surface area contributed by atoms with E-state index in [4.69, 9.17) is 9.47 Å². The molecule has 1 atom stereocenters. The van der Waals surface area contributed by atoms with E-state index in [9.17, 15) is 24.3 Å². The minimum atomic E-state index is -1.14. The number of anilines is 1. The summed E-state index contributed by atoms with van der Waals surface area (Å²) in [5, 5.41) is 15.1. The molecule has 2 heterocycles. The van der Waals surface area contributed by atoms with Crippen molar-refractivity contribution in [3.05, 3.63) is 23.3 Å². The molecule has 11 heteroatoms. The number of hydrogen-bond acceptors (Lipinski definition) is 8. The van der Waals surface area contributed by atoms with Gasteiger partial charge < -0.3 is 29.7 Å². The lowest BCUT2D eigenvalue weighted by atomic mass is 10.0. The van der Waals surface area contributed by atoms with Crippen LogP contribution in [0.2, 0.25) is 0 Å². The van der Waals surface area contributed by atoms with Crippen molar-refractivity contribution in [3.8, 4) is 5.75 Å². The molecule has 3 amide bonds. The Morgan fingerprint density at radius 3 is 2.41 bits per heavy atom. The van der Waals surface area contributed by atoms with Crippen LogP contribution < -0.4 is 20.3 Å². The Balaban J connectivity index is 1.76. The van der Waals surface area contributed by atoms with Gasteiger partial charge in [-0.3, -0.25) is 14.9 Å². The quantitative estimate of drug-likeness (QED) is 0.519. The first-order valence-corrected chi connectivity index (χ1v) is 11.2. The van der Waals surface area contributed by atoms with E-state index in [1.165, 1.54) is 7.11 Å². The number of carbonyl (C=O) groups excluding carboxylic acids is 3. The van der Waals surface area contributed by atoms with Crippen molar-refractivity contribution >= 4 is 29.6 Å². The van der Waals surface area contributed by atoms with E-state index in [1.54, 1.807) is 17.0 Å². The first kappa shape index (κ1) is 25.3. The van der Waals surface area contributed by atoms with Gasteiger partial charge in [0.1, 0.15) is 16.9 Å². The van der Waals surface area contributed by atoms with Gasteiger partial charge >= 0.3 is 12.1 Å². The Kier molecular flexibility index (Phi) is 7.65. The van der Waals surface area contributed by atoms with Crippen LogP contribution in [-0.2, 0) is 20.9 Å². The van der Waals surface area contributed by atoms with E-state index < -0.39 is 23.5 Å². The molecule has 0 spiro atoms. The second-order valence-corrected chi connectivity index (χ2v) is 9.33. The standard InChI is InChI=1S/C23H32N4O7/c1-23(2,3)34-22(32)27-9-7-26(8-10-27)15-11-14(19(21(30)31)17(12-15)33-4)13-24-16-5-6-18(28)25-20(16)29/h11-12,16,24H,5-10,13H2,1-4H3,(H,30,31)(H,25,28,29). The molecule has 0 bridgehead atoms. The highest BCUT2D eigenvalue weighted by molar-refractivity contribution is 6.00. The highest BCUT2D eigenvalue weighted by Crippen LogP contribution is 2.31. The fraction of sp³-hybridized carbons (Fsp3) is 0.565. The van der Waals surface area contributed by atoms with Crippen LogP contribution >= 0.6 is 0 Å². The number of nitrogens with one attached hydrogen (secondary N) is 2. The molecule has 1 aromatic rings. The Morgan fingerprint density at radius 2 is 1.85 bits per heavy atom. The summed E-state index contributed by atoms with van der Waals surface area (Å²) in [5.74, 6) is -1.67. The molecule has 0 aliphatic carbocycles. The first-order valence-electron chi connectivity index (χ1n) is 11.2. The van der Waals surface area contributed by atoms with Crippen LogP contribution in [0.15, 0.2) is 12.1 Å². The summed E-state index contributed by atoms with van der Waals surface area (Å²) in [7, 11) is 1.41. The Hall–Kier alpha value is -3.34. The maximum absolute atomic E-state index is 12.4. The van der Waals surface area contributed by atoms with Gasteiger partial charge in [-0.1, -0.05) is 0 Å². The predicted molar refractivity (Wildman–Crippen MR) is 123 cm³/mol. The molecule has 3 rings (SSSR count). The third kappa shape index (κ3) is 6.16. The van der Waals surface area contributed by atoms with Crippen molar-refractivity contribution in [1.29, 1.82) is 0 Å². The Bertz CT molecular complexity index is 965. The van der Waals surface area contributed by atoms with Gasteiger partial charge in [0.15, 0.2) is 0 Å². The normalized spacial score (nSPS) is 19.0. The van der Waals surface area contributed by atoms with Crippen LogP contribution in [0.25, 0.3) is 0 Å². The molecule has 11 nitrogen and oxygen atoms in total. The molecule has 1 aromatic carbocycles. The second-order valence-electron chi connectivity index (χ2n) is 9.33. The topological polar surface area (TPSA) is 138 Å². The lowest BCUT2D eigenvalue weighted by molar-refractivity contribution is -0.134. The second kappa shape index (κ2) is 10.3. The molecule has 2 aliphatic rings. The lowest BCUT2D eigenvalue weighted by Gasteiger charge is -2.37. The third-order valence-corrected chi connectivity index (χ3v) is 5.68. The predicted octanol–water partition coefficient (Wildman–Crippen LogP) is 1.35. The molecule has 0 radical (unpaired) electrons. The molecular weight excluding hydrogens is 444 g/mol. The van der Waals surface area contributed by atoms with Crippen LogP contribution in [0.3, 0.4) is 0 Å².